The first-order valence-electron chi connectivity index (χ1n) is 5.78. The van der Waals surface area contributed by atoms with Crippen LogP contribution in [0.5, 0.6) is 0 Å². The highest BCUT2D eigenvalue weighted by Crippen LogP contribution is 2.21. The van der Waals surface area contributed by atoms with Crippen LogP contribution in [0.2, 0.25) is 0 Å². The third-order valence-electron chi connectivity index (χ3n) is 2.42. The van der Waals surface area contributed by atoms with Crippen molar-refractivity contribution in [3.63, 3.8) is 0 Å². The molecule has 0 aromatic carbocycles. The lowest BCUT2D eigenvalue weighted by Crippen LogP contribution is -2.29. The number of carbonyl (C=O) groups is 1. The van der Waals surface area contributed by atoms with Crippen molar-refractivity contribution >= 4 is 11.6 Å². The predicted molar refractivity (Wildman–Crippen MR) is 68.3 cm³/mol. The van der Waals surface area contributed by atoms with Gasteiger partial charge in [0.1, 0.15) is 0 Å². The summed E-state index contributed by atoms with van der Waals surface area (Å²) in [5, 5.41) is 2.83. The van der Waals surface area contributed by atoms with Crippen LogP contribution in [0.4, 0.5) is 5.69 Å². The topological polar surface area (TPSA) is 42.0 Å². The zero-order valence-electron chi connectivity index (χ0n) is 10.9. The van der Waals surface area contributed by atoms with E-state index in [1.54, 1.807) is 18.5 Å². The molecule has 1 aromatic rings. The fourth-order valence-corrected chi connectivity index (χ4v) is 0.898. The minimum atomic E-state index is -0.324. The summed E-state index contributed by atoms with van der Waals surface area (Å²) >= 11 is 0. The van der Waals surface area contributed by atoms with Gasteiger partial charge in [0.2, 0.25) is 5.91 Å². The molecule has 0 saturated heterocycles. The highest BCUT2D eigenvalue weighted by atomic mass is 16.2. The molecule has 90 valence electrons. The number of aromatic nitrogens is 1. The van der Waals surface area contributed by atoms with Crippen LogP contribution in [0.15, 0.2) is 24.5 Å². The van der Waals surface area contributed by atoms with Crippen molar-refractivity contribution < 1.29 is 4.79 Å². The Bertz CT molecular complexity index is 307. The summed E-state index contributed by atoms with van der Waals surface area (Å²) in [5.74, 6) is 0.0352. The standard InChI is InChI=1S/C11H16N2O.C2H6/c1-4-11(2,3)10(14)13-9-6-5-7-12-8-9;1-2/h5-8H,4H2,1-3H3,(H,13,14);1-2H3. The Morgan fingerprint density at radius 1 is 1.44 bits per heavy atom. The molecule has 3 nitrogen and oxygen atoms in total. The molecule has 1 rings (SSSR count). The first-order valence-corrected chi connectivity index (χ1v) is 5.78. The Morgan fingerprint density at radius 2 is 2.06 bits per heavy atom. The molecule has 3 heteroatoms. The van der Waals surface area contributed by atoms with E-state index >= 15 is 0 Å². The second-order valence-electron chi connectivity index (χ2n) is 3.93. The second-order valence-corrected chi connectivity index (χ2v) is 3.93. The van der Waals surface area contributed by atoms with Crippen LogP contribution in [-0.4, -0.2) is 10.9 Å². The fraction of sp³-hybridized carbons (Fsp3) is 0.538. The summed E-state index contributed by atoms with van der Waals surface area (Å²) < 4.78 is 0. The quantitative estimate of drug-likeness (QED) is 0.850. The maximum absolute atomic E-state index is 11.7. The third-order valence-corrected chi connectivity index (χ3v) is 2.42. The van der Waals surface area contributed by atoms with Crippen LogP contribution in [0.1, 0.15) is 41.0 Å². The van der Waals surface area contributed by atoms with Gasteiger partial charge in [-0.1, -0.05) is 34.6 Å². The van der Waals surface area contributed by atoms with Crippen molar-refractivity contribution in [2.75, 3.05) is 5.32 Å². The lowest BCUT2D eigenvalue weighted by molar-refractivity contribution is -0.124. The van der Waals surface area contributed by atoms with Gasteiger partial charge in [-0.2, -0.15) is 0 Å². The zero-order chi connectivity index (χ0) is 12.6. The highest BCUT2D eigenvalue weighted by Gasteiger charge is 2.24. The summed E-state index contributed by atoms with van der Waals surface area (Å²) in [5.41, 5.74) is 0.426. The highest BCUT2D eigenvalue weighted by molar-refractivity contribution is 5.94. The number of nitrogens with zero attached hydrogens (tertiary/aromatic N) is 1. The van der Waals surface area contributed by atoms with Gasteiger partial charge < -0.3 is 5.32 Å². The van der Waals surface area contributed by atoms with Crippen molar-refractivity contribution in [1.82, 2.24) is 4.98 Å². The first kappa shape index (κ1) is 14.6. The van der Waals surface area contributed by atoms with Gasteiger partial charge in [0.15, 0.2) is 0 Å². The Morgan fingerprint density at radius 3 is 2.50 bits per heavy atom. The second kappa shape index (κ2) is 6.99. The van der Waals surface area contributed by atoms with Crippen molar-refractivity contribution in [2.24, 2.45) is 5.41 Å². The van der Waals surface area contributed by atoms with Gasteiger partial charge in [0.05, 0.1) is 11.9 Å². The van der Waals surface area contributed by atoms with Gasteiger partial charge in [0.25, 0.3) is 0 Å². The van der Waals surface area contributed by atoms with E-state index in [0.29, 0.717) is 0 Å². The van der Waals surface area contributed by atoms with E-state index in [1.807, 2.05) is 40.7 Å². The maximum atomic E-state index is 11.7. The van der Waals surface area contributed by atoms with Crippen LogP contribution in [0, 0.1) is 5.41 Å². The van der Waals surface area contributed by atoms with E-state index < -0.39 is 0 Å². The SMILES string of the molecule is CC.CCC(C)(C)C(=O)Nc1cccnc1. The molecule has 16 heavy (non-hydrogen) atoms. The molecule has 0 spiro atoms. The molecular formula is C13H22N2O. The summed E-state index contributed by atoms with van der Waals surface area (Å²) in [6, 6.07) is 3.63. The van der Waals surface area contributed by atoms with Gasteiger partial charge in [0, 0.05) is 11.6 Å². The molecule has 1 aromatic heterocycles. The molecular weight excluding hydrogens is 200 g/mol. The van der Waals surface area contributed by atoms with E-state index in [1.165, 1.54) is 0 Å². The molecule has 0 aliphatic rings. The molecule has 0 radical (unpaired) electrons. The molecule has 1 amide bonds. The average molecular weight is 222 g/mol. The van der Waals surface area contributed by atoms with E-state index in [2.05, 4.69) is 10.3 Å². The van der Waals surface area contributed by atoms with Crippen molar-refractivity contribution in [3.05, 3.63) is 24.5 Å². The number of carbonyl (C=O) groups excluding carboxylic acids is 1. The van der Waals surface area contributed by atoms with Crippen LogP contribution >= 0.6 is 0 Å². The number of anilines is 1. The number of nitrogens with one attached hydrogen (secondary N) is 1. The lowest BCUT2D eigenvalue weighted by Gasteiger charge is -2.21. The van der Waals surface area contributed by atoms with Crippen LogP contribution in [0.25, 0.3) is 0 Å². The van der Waals surface area contributed by atoms with Crippen molar-refractivity contribution in [2.45, 2.75) is 41.0 Å². The maximum Gasteiger partial charge on any atom is 0.230 e. The number of amides is 1. The minimum Gasteiger partial charge on any atom is -0.324 e. The van der Waals surface area contributed by atoms with E-state index in [0.717, 1.165) is 12.1 Å². The number of hydrogen-bond donors (Lipinski definition) is 1. The van der Waals surface area contributed by atoms with Crippen LogP contribution < -0.4 is 5.32 Å². The molecule has 0 saturated carbocycles. The van der Waals surface area contributed by atoms with Crippen LogP contribution in [0.3, 0.4) is 0 Å². The molecule has 0 aliphatic heterocycles. The summed E-state index contributed by atoms with van der Waals surface area (Å²) in [6.07, 6.45) is 4.14. The molecule has 0 bridgehead atoms. The van der Waals surface area contributed by atoms with Crippen molar-refractivity contribution in [3.8, 4) is 0 Å². The Kier molecular flexibility index (Phi) is 6.38. The number of pyridine rings is 1. The van der Waals surface area contributed by atoms with Crippen molar-refractivity contribution in [1.29, 1.82) is 0 Å². The first-order chi connectivity index (χ1) is 7.56. The Hall–Kier alpha value is -1.38. The molecule has 1 N–H and O–H groups in total. The normalized spacial score (nSPS) is 10.1. The fourth-order valence-electron chi connectivity index (χ4n) is 0.898. The Labute approximate surface area is 98.3 Å². The Balaban J connectivity index is 0.00000106. The lowest BCUT2D eigenvalue weighted by atomic mass is 9.89. The smallest absolute Gasteiger partial charge is 0.230 e. The average Bonchev–Trinajstić information content (AvgIpc) is 2.33. The molecule has 0 aliphatic carbocycles. The van der Waals surface area contributed by atoms with E-state index in [-0.39, 0.29) is 11.3 Å². The van der Waals surface area contributed by atoms with Gasteiger partial charge in [-0.3, -0.25) is 9.78 Å². The zero-order valence-corrected chi connectivity index (χ0v) is 10.9. The summed E-state index contributed by atoms with van der Waals surface area (Å²) in [7, 11) is 0. The molecule has 0 unspecified atom stereocenters. The molecule has 0 fully saturated rings. The summed E-state index contributed by atoms with van der Waals surface area (Å²) in [6.45, 7) is 9.86. The van der Waals surface area contributed by atoms with Gasteiger partial charge in [-0.15, -0.1) is 0 Å². The summed E-state index contributed by atoms with van der Waals surface area (Å²) in [4.78, 5) is 15.7. The van der Waals surface area contributed by atoms with Gasteiger partial charge in [-0.25, -0.2) is 0 Å². The van der Waals surface area contributed by atoms with E-state index in [4.69, 9.17) is 0 Å². The monoisotopic (exact) mass is 222 g/mol. The largest absolute Gasteiger partial charge is 0.324 e. The third kappa shape index (κ3) is 4.43. The molecule has 0 atom stereocenters. The number of rotatable bonds is 3. The van der Waals surface area contributed by atoms with Gasteiger partial charge >= 0.3 is 0 Å². The van der Waals surface area contributed by atoms with Gasteiger partial charge in [-0.05, 0) is 18.6 Å². The minimum absolute atomic E-state index is 0.0352. The van der Waals surface area contributed by atoms with Crippen LogP contribution in [-0.2, 0) is 4.79 Å². The number of hydrogen-bond acceptors (Lipinski definition) is 2. The predicted octanol–water partition coefficient (Wildman–Crippen LogP) is 3.48. The van der Waals surface area contributed by atoms with E-state index in [9.17, 15) is 4.79 Å². The molecule has 1 heterocycles.